The number of anilines is 4. The van der Waals surface area contributed by atoms with E-state index in [0.717, 1.165) is 10.6 Å². The average Bonchev–Trinajstić information content (AvgIpc) is 3.66. The molecule has 4 aromatic rings. The van der Waals surface area contributed by atoms with Gasteiger partial charge < -0.3 is 53.8 Å². The number of aromatic nitrogens is 4. The van der Waals surface area contributed by atoms with Crippen molar-refractivity contribution in [3.8, 4) is 0 Å². The number of aliphatic carboxylic acids is 1. The van der Waals surface area contributed by atoms with Crippen molar-refractivity contribution in [2.24, 2.45) is 16.7 Å². The lowest BCUT2D eigenvalue weighted by molar-refractivity contribution is -0.139. The molecule has 7 amide bonds. The maximum Gasteiger partial charge on any atom is 0.326 e. The summed E-state index contributed by atoms with van der Waals surface area (Å²) in [7, 11) is 1.81. The van der Waals surface area contributed by atoms with E-state index in [9.17, 15) is 43.5 Å². The third-order valence-corrected chi connectivity index (χ3v) is 10.4. The Bertz CT molecular complexity index is 2660. The zero-order chi connectivity index (χ0) is 52.9. The predicted molar refractivity (Wildman–Crippen MR) is 267 cm³/mol. The van der Waals surface area contributed by atoms with Gasteiger partial charge >= 0.3 is 5.97 Å². The summed E-state index contributed by atoms with van der Waals surface area (Å²) in [5, 5.41) is 26.4. The summed E-state index contributed by atoms with van der Waals surface area (Å²) in [6, 6.07) is 8.27. The second kappa shape index (κ2) is 27.4. The van der Waals surface area contributed by atoms with Crippen LogP contribution < -0.4 is 60.1 Å². The number of hydrogen-bond donors (Lipinski definition) is 11. The van der Waals surface area contributed by atoms with E-state index < -0.39 is 41.7 Å². The van der Waals surface area contributed by atoms with Gasteiger partial charge in [-0.1, -0.05) is 26.7 Å². The van der Waals surface area contributed by atoms with Crippen LogP contribution in [-0.2, 0) is 35.3 Å². The second-order valence-electron chi connectivity index (χ2n) is 16.3. The van der Waals surface area contributed by atoms with Gasteiger partial charge in [0.25, 0.3) is 23.6 Å². The van der Waals surface area contributed by atoms with E-state index in [4.69, 9.17) is 23.0 Å². The van der Waals surface area contributed by atoms with E-state index in [2.05, 4.69) is 65.5 Å². The molecule has 26 heteroatoms. The van der Waals surface area contributed by atoms with Gasteiger partial charge in [0.1, 0.15) is 12.1 Å². The number of fused-ring (bicyclic) bond motifs is 1. The van der Waals surface area contributed by atoms with Gasteiger partial charge in [-0.25, -0.2) is 26.1 Å². The highest BCUT2D eigenvalue weighted by Crippen LogP contribution is 2.20. The van der Waals surface area contributed by atoms with Crippen LogP contribution in [0.2, 0.25) is 0 Å². The predicted octanol–water partition coefficient (Wildman–Crippen LogP) is 0.159. The second-order valence-corrected chi connectivity index (χ2v) is 16.3. The number of nitrogen functional groups attached to an aromatic ring is 2. The van der Waals surface area contributed by atoms with Crippen LogP contribution in [0.15, 0.2) is 65.9 Å². The van der Waals surface area contributed by atoms with E-state index in [1.807, 2.05) is 10.4 Å². The fraction of sp³-hybridized carbons (Fsp3) is 0.370. The van der Waals surface area contributed by atoms with Crippen molar-refractivity contribution in [3.05, 3.63) is 83.2 Å². The smallest absolute Gasteiger partial charge is 0.326 e. The number of hydrogen-bond acceptors (Lipinski definition) is 18. The first kappa shape index (κ1) is 55.8. The van der Waals surface area contributed by atoms with Crippen molar-refractivity contribution in [2.45, 2.75) is 84.3 Å². The maximum absolute atomic E-state index is 13.3. The minimum Gasteiger partial charge on any atom is -0.480 e. The molecule has 0 fully saturated rings. The van der Waals surface area contributed by atoms with Crippen molar-refractivity contribution in [3.63, 3.8) is 0 Å². The third kappa shape index (κ3) is 16.7. The standard InChI is InChI=1S/C43H53N17O9.C3H8/c1-23(51-32(62)21-49-31(61)8-4-3-5-18-60-33(63)15-16-34(60)64)39(65)53-25-11-14-28(29(19-25)36(44)57-58-47)41(67)48-17-6-7-30(42(68)69)54-40(66)24-9-12-27(13-10-24)59(2)22-26-20-50-38-35(52-26)37(45)55-43(46)56-38;1-3-2/h9-16,19-20,23,30,58H,3-8,17-18,21-22,47H2,1-2H3,(H2,44,57)(H,48,67)(H,49,61)(H,51,62)(H,53,65)(H,54,66)(H,68,69)(H4,45,46,50,55,56);3H2,1-2H3. The number of hydrazone groups is 1. The first-order valence-electron chi connectivity index (χ1n) is 22.9. The number of rotatable bonds is 24. The normalized spacial score (nSPS) is 12.8. The van der Waals surface area contributed by atoms with E-state index in [1.165, 1.54) is 49.9 Å². The minimum absolute atomic E-state index is 0.000147. The molecule has 1 aliphatic rings. The van der Waals surface area contributed by atoms with Gasteiger partial charge in [-0.15, -0.1) is 5.10 Å². The van der Waals surface area contributed by atoms with Gasteiger partial charge in [0.15, 0.2) is 22.8 Å². The van der Waals surface area contributed by atoms with Crippen molar-refractivity contribution in [1.82, 2.24) is 51.6 Å². The van der Waals surface area contributed by atoms with Crippen molar-refractivity contribution in [1.29, 1.82) is 0 Å². The SMILES string of the molecule is CC(NC(=O)CNC(=O)CCCCCN1C(=O)C=CC1=O)C(=O)Nc1ccc(C(=O)NCCCC(NC(=O)c2ccc(N(C)Cc3cnc4nc(N)nc(N)c4n3)cc2)C(=O)O)c(/C(N)=N/NN)c1.CCC. The van der Waals surface area contributed by atoms with Crippen LogP contribution >= 0.6 is 0 Å². The Morgan fingerprint density at radius 1 is 0.847 bits per heavy atom. The molecule has 2 unspecified atom stereocenters. The number of amides is 7. The van der Waals surface area contributed by atoms with Gasteiger partial charge in [-0.2, -0.15) is 9.97 Å². The lowest BCUT2D eigenvalue weighted by Gasteiger charge is -2.19. The highest BCUT2D eigenvalue weighted by molar-refractivity contribution is 6.13. The van der Waals surface area contributed by atoms with Crippen molar-refractivity contribution >= 4 is 87.5 Å². The molecule has 1 aliphatic heterocycles. The molecule has 0 bridgehead atoms. The lowest BCUT2D eigenvalue weighted by Crippen LogP contribution is -2.45. The number of carbonyl (C=O) groups excluding carboxylic acids is 7. The number of nitrogens with one attached hydrogen (secondary N) is 6. The molecular weight excluding hydrogens is 935 g/mol. The highest BCUT2D eigenvalue weighted by atomic mass is 16.4. The Balaban J connectivity index is 0.00000365. The molecule has 0 saturated heterocycles. The number of hydrazine groups is 1. The summed E-state index contributed by atoms with van der Waals surface area (Å²) < 4.78 is 0. The van der Waals surface area contributed by atoms with Crippen LogP contribution in [0.4, 0.5) is 23.1 Å². The summed E-state index contributed by atoms with van der Waals surface area (Å²) >= 11 is 0. The summed E-state index contributed by atoms with van der Waals surface area (Å²) in [4.78, 5) is 119. The molecule has 0 radical (unpaired) electrons. The van der Waals surface area contributed by atoms with E-state index in [-0.39, 0.29) is 102 Å². The van der Waals surface area contributed by atoms with E-state index >= 15 is 0 Å². The van der Waals surface area contributed by atoms with Gasteiger partial charge in [0.2, 0.25) is 23.7 Å². The van der Waals surface area contributed by atoms with Crippen molar-refractivity contribution < 1.29 is 43.5 Å². The van der Waals surface area contributed by atoms with Gasteiger partial charge in [0.05, 0.1) is 30.5 Å². The van der Waals surface area contributed by atoms with Crippen LogP contribution in [0, 0.1) is 0 Å². The van der Waals surface area contributed by atoms with Gasteiger partial charge in [-0.05, 0) is 75.1 Å². The number of carboxylic acids is 1. The Morgan fingerprint density at radius 2 is 1.54 bits per heavy atom. The van der Waals surface area contributed by atoms with Crippen LogP contribution in [0.1, 0.15) is 97.7 Å². The van der Waals surface area contributed by atoms with Crippen LogP contribution in [0.5, 0.6) is 0 Å². The summed E-state index contributed by atoms with van der Waals surface area (Å²) in [6.45, 7) is 5.86. The molecular formula is C46H61N17O9. The van der Waals surface area contributed by atoms with Crippen LogP contribution in [-0.4, -0.2) is 122 Å². The Morgan fingerprint density at radius 3 is 2.21 bits per heavy atom. The number of unbranched alkanes of at least 4 members (excludes halogenated alkanes) is 2. The fourth-order valence-corrected chi connectivity index (χ4v) is 6.78. The molecule has 0 aliphatic carbocycles. The first-order chi connectivity index (χ1) is 34.3. The summed E-state index contributed by atoms with van der Waals surface area (Å²) in [6.07, 6.45) is 7.00. The van der Waals surface area contributed by atoms with Crippen LogP contribution in [0.3, 0.4) is 0 Å². The van der Waals surface area contributed by atoms with Crippen molar-refractivity contribution in [2.75, 3.05) is 48.4 Å². The molecule has 26 nitrogen and oxygen atoms in total. The van der Waals surface area contributed by atoms with E-state index in [0.29, 0.717) is 37.0 Å². The molecule has 384 valence electrons. The quantitative estimate of drug-likeness (QED) is 0.0111. The minimum atomic E-state index is -1.29. The number of imide groups is 1. The summed E-state index contributed by atoms with van der Waals surface area (Å²) in [5.41, 5.74) is 22.1. The Kier molecular flexibility index (Phi) is 21.2. The zero-order valence-electron chi connectivity index (χ0n) is 40.4. The first-order valence-corrected chi connectivity index (χ1v) is 22.9. The number of nitrogens with zero attached hydrogens (tertiary/aromatic N) is 7. The zero-order valence-corrected chi connectivity index (χ0v) is 40.4. The number of amidine groups is 1. The monoisotopic (exact) mass is 995 g/mol. The largest absolute Gasteiger partial charge is 0.480 e. The average molecular weight is 996 g/mol. The molecule has 2 aromatic heterocycles. The molecule has 2 aromatic carbocycles. The Hall–Kier alpha value is -8.81. The molecule has 15 N–H and O–H groups in total. The molecule has 72 heavy (non-hydrogen) atoms. The topological polar surface area (TPSA) is 403 Å². The molecule has 0 spiro atoms. The number of benzene rings is 2. The fourth-order valence-electron chi connectivity index (χ4n) is 6.78. The van der Waals surface area contributed by atoms with Gasteiger partial charge in [0, 0.05) is 61.2 Å². The molecule has 3 heterocycles. The molecule has 2 atom stereocenters. The van der Waals surface area contributed by atoms with Gasteiger partial charge in [-0.3, -0.25) is 38.5 Å². The molecule has 5 rings (SSSR count). The molecule has 0 saturated carbocycles. The maximum atomic E-state index is 13.3. The summed E-state index contributed by atoms with van der Waals surface area (Å²) in [5.74, 6) is 0.284. The highest BCUT2D eigenvalue weighted by Gasteiger charge is 2.24. The Labute approximate surface area is 414 Å². The number of nitrogens with two attached hydrogens (primary N) is 4. The number of carboxylic acid groups (broad SMARTS) is 1. The van der Waals surface area contributed by atoms with Crippen LogP contribution in [0.25, 0.3) is 11.2 Å². The third-order valence-electron chi connectivity index (χ3n) is 10.4. The van der Waals surface area contributed by atoms with E-state index in [1.54, 1.807) is 31.3 Å². The number of carbonyl (C=O) groups is 8. The lowest BCUT2D eigenvalue weighted by atomic mass is 10.0.